The Morgan fingerprint density at radius 3 is 2.47 bits per heavy atom. The van der Waals surface area contributed by atoms with Gasteiger partial charge >= 0.3 is 0 Å². The SMILES string of the molecule is CN1CCN(Cc2cccc(CNC(=O)c3cn(Cc4ccccc4)nn3)c2)CC1. The maximum absolute atomic E-state index is 12.5. The zero-order chi connectivity index (χ0) is 20.8. The summed E-state index contributed by atoms with van der Waals surface area (Å²) in [7, 11) is 2.17. The third kappa shape index (κ3) is 5.52. The summed E-state index contributed by atoms with van der Waals surface area (Å²) in [4.78, 5) is 17.3. The molecule has 0 atom stereocenters. The van der Waals surface area contributed by atoms with Crippen LogP contribution in [0.25, 0.3) is 0 Å². The first-order valence-corrected chi connectivity index (χ1v) is 10.4. The maximum Gasteiger partial charge on any atom is 0.273 e. The van der Waals surface area contributed by atoms with Crippen LogP contribution in [0.15, 0.2) is 60.8 Å². The van der Waals surface area contributed by atoms with Crippen LogP contribution in [-0.2, 0) is 19.6 Å². The number of nitrogens with zero attached hydrogens (tertiary/aromatic N) is 5. The molecule has 3 aromatic rings. The van der Waals surface area contributed by atoms with Crippen molar-refractivity contribution in [3.63, 3.8) is 0 Å². The lowest BCUT2D eigenvalue weighted by atomic mass is 10.1. The first kappa shape index (κ1) is 20.3. The summed E-state index contributed by atoms with van der Waals surface area (Å²) >= 11 is 0. The van der Waals surface area contributed by atoms with E-state index in [0.717, 1.165) is 43.9 Å². The Bertz CT molecular complexity index is 963. The van der Waals surface area contributed by atoms with Crippen LogP contribution in [0.4, 0.5) is 0 Å². The summed E-state index contributed by atoms with van der Waals surface area (Å²) in [6, 6.07) is 18.4. The van der Waals surface area contributed by atoms with Crippen molar-refractivity contribution in [1.82, 2.24) is 30.1 Å². The lowest BCUT2D eigenvalue weighted by Crippen LogP contribution is -2.43. The van der Waals surface area contributed by atoms with E-state index in [1.165, 1.54) is 5.56 Å². The van der Waals surface area contributed by atoms with Gasteiger partial charge in [0.2, 0.25) is 0 Å². The number of carbonyl (C=O) groups is 1. The fraction of sp³-hybridized carbons (Fsp3) is 0.348. The first-order valence-electron chi connectivity index (χ1n) is 10.4. The van der Waals surface area contributed by atoms with Crippen LogP contribution in [0.3, 0.4) is 0 Å². The molecule has 1 aromatic heterocycles. The molecule has 2 aromatic carbocycles. The molecule has 0 spiro atoms. The Labute approximate surface area is 177 Å². The van der Waals surface area contributed by atoms with E-state index in [0.29, 0.717) is 18.8 Å². The van der Waals surface area contributed by atoms with Gasteiger partial charge in [0.15, 0.2) is 5.69 Å². The Hall–Kier alpha value is -3.03. The molecular formula is C23H28N6O. The average Bonchev–Trinajstić information content (AvgIpc) is 3.23. The smallest absolute Gasteiger partial charge is 0.273 e. The largest absolute Gasteiger partial charge is 0.347 e. The Morgan fingerprint density at radius 1 is 0.933 bits per heavy atom. The number of amides is 1. The second-order valence-electron chi connectivity index (χ2n) is 7.87. The highest BCUT2D eigenvalue weighted by Crippen LogP contribution is 2.11. The number of nitrogens with one attached hydrogen (secondary N) is 1. The fourth-order valence-corrected chi connectivity index (χ4v) is 3.63. The monoisotopic (exact) mass is 404 g/mol. The van der Waals surface area contributed by atoms with Gasteiger partial charge in [-0.05, 0) is 23.7 Å². The Morgan fingerprint density at radius 2 is 1.67 bits per heavy atom. The topological polar surface area (TPSA) is 66.3 Å². The number of hydrogen-bond acceptors (Lipinski definition) is 5. The second kappa shape index (κ2) is 9.65. The van der Waals surface area contributed by atoms with Crippen molar-refractivity contribution < 1.29 is 4.79 Å². The zero-order valence-electron chi connectivity index (χ0n) is 17.4. The fourth-order valence-electron chi connectivity index (χ4n) is 3.63. The van der Waals surface area contributed by atoms with Gasteiger partial charge in [-0.1, -0.05) is 59.8 Å². The van der Waals surface area contributed by atoms with Gasteiger partial charge in [-0.3, -0.25) is 9.69 Å². The van der Waals surface area contributed by atoms with E-state index in [4.69, 9.17) is 0 Å². The molecule has 0 unspecified atom stereocenters. The minimum atomic E-state index is -0.209. The molecule has 1 aliphatic heterocycles. The van der Waals surface area contributed by atoms with Crippen LogP contribution in [-0.4, -0.2) is 63.9 Å². The number of hydrogen-bond donors (Lipinski definition) is 1. The third-order valence-electron chi connectivity index (χ3n) is 5.41. The standard InChI is InChI=1S/C23H28N6O/c1-27-10-12-28(13-11-27)16-21-9-5-8-20(14-21)15-24-23(30)22-18-29(26-25-22)17-19-6-3-2-4-7-19/h2-9,14,18H,10-13,15-17H2,1H3,(H,24,30). The van der Waals surface area contributed by atoms with Crippen LogP contribution in [0.2, 0.25) is 0 Å². The lowest BCUT2D eigenvalue weighted by Gasteiger charge is -2.32. The third-order valence-corrected chi connectivity index (χ3v) is 5.41. The van der Waals surface area contributed by atoms with Gasteiger partial charge in [0.1, 0.15) is 0 Å². The molecule has 0 bridgehead atoms. The van der Waals surface area contributed by atoms with Crippen molar-refractivity contribution >= 4 is 5.91 Å². The minimum absolute atomic E-state index is 0.209. The van der Waals surface area contributed by atoms with E-state index in [1.54, 1.807) is 10.9 Å². The van der Waals surface area contributed by atoms with Gasteiger partial charge in [-0.15, -0.1) is 5.10 Å². The predicted molar refractivity (Wildman–Crippen MR) is 116 cm³/mol. The maximum atomic E-state index is 12.5. The molecule has 7 nitrogen and oxygen atoms in total. The highest BCUT2D eigenvalue weighted by molar-refractivity contribution is 5.91. The molecule has 156 valence electrons. The summed E-state index contributed by atoms with van der Waals surface area (Å²) in [5.41, 5.74) is 3.82. The molecule has 7 heteroatoms. The quantitative estimate of drug-likeness (QED) is 0.653. The minimum Gasteiger partial charge on any atom is -0.347 e. The number of rotatable bonds is 7. The molecular weight excluding hydrogens is 376 g/mol. The molecule has 0 radical (unpaired) electrons. The van der Waals surface area contributed by atoms with Gasteiger partial charge in [-0.25, -0.2) is 4.68 Å². The van der Waals surface area contributed by atoms with Crippen LogP contribution < -0.4 is 5.32 Å². The molecule has 0 aliphatic carbocycles. The van der Waals surface area contributed by atoms with E-state index < -0.39 is 0 Å². The molecule has 0 saturated carbocycles. The van der Waals surface area contributed by atoms with Crippen LogP contribution in [0.5, 0.6) is 0 Å². The van der Waals surface area contributed by atoms with E-state index in [1.807, 2.05) is 36.4 Å². The normalized spacial score (nSPS) is 15.2. The van der Waals surface area contributed by atoms with Crippen LogP contribution >= 0.6 is 0 Å². The van der Waals surface area contributed by atoms with Crippen LogP contribution in [0.1, 0.15) is 27.2 Å². The van der Waals surface area contributed by atoms with Gasteiger partial charge in [-0.2, -0.15) is 0 Å². The molecule has 30 heavy (non-hydrogen) atoms. The number of likely N-dealkylation sites (N-methyl/N-ethyl adjacent to an activating group) is 1. The van der Waals surface area contributed by atoms with Gasteiger partial charge < -0.3 is 10.2 Å². The highest BCUT2D eigenvalue weighted by atomic mass is 16.2. The summed E-state index contributed by atoms with van der Waals surface area (Å²) in [5.74, 6) is -0.209. The van der Waals surface area contributed by atoms with E-state index in [9.17, 15) is 4.79 Å². The summed E-state index contributed by atoms with van der Waals surface area (Å²) < 4.78 is 1.68. The van der Waals surface area contributed by atoms with Crippen molar-refractivity contribution in [3.8, 4) is 0 Å². The number of benzene rings is 2. The van der Waals surface area contributed by atoms with Crippen LogP contribution in [0, 0.1) is 0 Å². The van der Waals surface area contributed by atoms with E-state index in [-0.39, 0.29) is 5.91 Å². The van der Waals surface area contributed by atoms with E-state index in [2.05, 4.69) is 50.7 Å². The van der Waals surface area contributed by atoms with Crippen molar-refractivity contribution in [3.05, 3.63) is 83.2 Å². The molecule has 4 rings (SSSR count). The number of piperazine rings is 1. The van der Waals surface area contributed by atoms with Gasteiger partial charge in [0.05, 0.1) is 12.7 Å². The number of aromatic nitrogens is 3. The highest BCUT2D eigenvalue weighted by Gasteiger charge is 2.14. The summed E-state index contributed by atoms with van der Waals surface area (Å²) in [5, 5.41) is 11.0. The Kier molecular flexibility index (Phi) is 6.51. The summed E-state index contributed by atoms with van der Waals surface area (Å²) in [6.07, 6.45) is 1.69. The van der Waals surface area contributed by atoms with E-state index >= 15 is 0 Å². The molecule has 1 saturated heterocycles. The predicted octanol–water partition coefficient (Wildman–Crippen LogP) is 2.00. The van der Waals surface area contributed by atoms with Crippen molar-refractivity contribution in [2.45, 2.75) is 19.6 Å². The molecule has 1 N–H and O–H groups in total. The molecule has 1 aliphatic rings. The zero-order valence-corrected chi connectivity index (χ0v) is 17.4. The Balaban J connectivity index is 1.30. The molecule has 2 heterocycles. The molecule has 1 amide bonds. The van der Waals surface area contributed by atoms with Crippen molar-refractivity contribution in [1.29, 1.82) is 0 Å². The van der Waals surface area contributed by atoms with Gasteiger partial charge in [0, 0.05) is 39.3 Å². The second-order valence-corrected chi connectivity index (χ2v) is 7.87. The van der Waals surface area contributed by atoms with Crippen molar-refractivity contribution in [2.75, 3.05) is 33.2 Å². The first-order chi connectivity index (χ1) is 14.7. The lowest BCUT2D eigenvalue weighted by molar-refractivity contribution is 0.0945. The summed E-state index contributed by atoms with van der Waals surface area (Å²) in [6.45, 7) is 6.42. The average molecular weight is 405 g/mol. The van der Waals surface area contributed by atoms with Crippen molar-refractivity contribution in [2.24, 2.45) is 0 Å². The van der Waals surface area contributed by atoms with Gasteiger partial charge in [0.25, 0.3) is 5.91 Å². The number of carbonyl (C=O) groups excluding carboxylic acids is 1. The molecule has 1 fully saturated rings.